The smallest absolute Gasteiger partial charge is 0.369 e. The fourth-order valence-corrected chi connectivity index (χ4v) is 23.0. The highest BCUT2D eigenvalue weighted by Crippen LogP contribution is 2.60. The van der Waals surface area contributed by atoms with E-state index in [0.29, 0.717) is 85.6 Å². The van der Waals surface area contributed by atoms with E-state index in [9.17, 15) is 26.5 Å². The number of aromatic hydroxyl groups is 2. The van der Waals surface area contributed by atoms with Gasteiger partial charge in [-0.15, -0.1) is 0 Å². The summed E-state index contributed by atoms with van der Waals surface area (Å²) in [6.45, 7) is 40.0. The number of carbonyl (C=O) groups excluding carboxylic acids is 1. The quantitative estimate of drug-likeness (QED) is 0.0163. The number of esters is 1. The first kappa shape index (κ1) is 118. The zero-order valence-corrected chi connectivity index (χ0v) is 93.5. The largest absolute Gasteiger partial charge is 0.743 e. The number of hydrogen-bond acceptors (Lipinski definition) is 13. The molecule has 0 spiro atoms. The molecule has 17 rings (SSSR count). The Labute approximate surface area is 895 Å². The summed E-state index contributed by atoms with van der Waals surface area (Å²) in [4.78, 5) is 15.2. The van der Waals surface area contributed by atoms with Crippen molar-refractivity contribution in [3.8, 4) is 39.9 Å². The van der Waals surface area contributed by atoms with E-state index >= 15 is 0 Å². The predicted molar refractivity (Wildman–Crippen MR) is 606 cm³/mol. The molecule has 0 saturated heterocycles. The van der Waals surface area contributed by atoms with Gasteiger partial charge in [0.15, 0.2) is 30.9 Å². The zero-order chi connectivity index (χ0) is 107. The molecule has 15 atom stereocenters. The SMILES string of the molecule is CCC(C)C(=O)OC(C)C(F)(F)S(=O)(=O)[O-].CCC(C)c1ccc(O)cc1.CCC(C)c1ccc(O)cc1.CCC(C)c1ccc(OC(CC(C)(C)C)OC2CCCCC2)cc1.CCC(C)c1ccc(OC(CC(C)(c2ccccc2)c2ccccc2)OCC2c3ccccc3-c3ccccc32)cc1.CCC(C)c1ccc(OC(OC2CC3CC2C2CCCC32)C(C)C)cc1.c1ccc([S+](c2ccccc2)c2ccccc2)cc1. The summed E-state index contributed by atoms with van der Waals surface area (Å²) >= 11 is 0. The van der Waals surface area contributed by atoms with Crippen LogP contribution in [0.25, 0.3) is 11.1 Å². The van der Waals surface area contributed by atoms with Crippen molar-refractivity contribution in [3.63, 3.8) is 0 Å². The third kappa shape index (κ3) is 34.6. The summed E-state index contributed by atoms with van der Waals surface area (Å²) < 4.78 is 99.7. The number of halogens is 2. The predicted octanol–water partition coefficient (Wildman–Crippen LogP) is 34.9. The molecule has 0 aromatic heterocycles. The van der Waals surface area contributed by atoms with Gasteiger partial charge in [-0.3, -0.25) is 4.79 Å². The molecule has 0 aliphatic heterocycles. The Morgan fingerprint density at radius 1 is 0.403 bits per heavy atom. The van der Waals surface area contributed by atoms with Crippen LogP contribution in [-0.4, -0.2) is 78.2 Å². The molecule has 0 radical (unpaired) electrons. The highest BCUT2D eigenvalue weighted by atomic mass is 32.2. The molecule has 149 heavy (non-hydrogen) atoms. The average molecular weight is 2060 g/mol. The van der Waals surface area contributed by atoms with Crippen LogP contribution in [0, 0.1) is 40.9 Å². The first-order valence-corrected chi connectivity index (χ1v) is 57.6. The molecule has 12 aromatic rings. The number of alkyl halides is 2. The monoisotopic (exact) mass is 2060 g/mol. The number of hydrogen-bond donors (Lipinski definition) is 2. The lowest BCUT2D eigenvalue weighted by Crippen LogP contribution is -2.42. The average Bonchev–Trinajstić information content (AvgIpc) is 1.63. The number of phenolic OH excluding ortho intramolecular Hbond substituents is 2. The van der Waals surface area contributed by atoms with E-state index in [0.717, 1.165) is 73.0 Å². The number of ether oxygens (including phenoxy) is 7. The molecule has 2 N–H and O–H groups in total. The molecule has 17 heteroatoms. The molecule has 5 aliphatic rings. The lowest BCUT2D eigenvalue weighted by molar-refractivity contribution is -0.164. The molecule has 2 bridgehead atoms. The maximum atomic E-state index is 12.9. The Morgan fingerprint density at radius 2 is 0.765 bits per heavy atom. The summed E-state index contributed by atoms with van der Waals surface area (Å²) in [6.07, 6.45) is 18.8. The maximum absolute atomic E-state index is 12.9. The molecule has 0 amide bonds. The Bertz CT molecular complexity index is 5740. The van der Waals surface area contributed by atoms with Crippen LogP contribution >= 0.6 is 0 Å². The van der Waals surface area contributed by atoms with Gasteiger partial charge in [0, 0.05) is 30.1 Å². The summed E-state index contributed by atoms with van der Waals surface area (Å²) in [6, 6.07) is 112. The van der Waals surface area contributed by atoms with Crippen molar-refractivity contribution < 1.29 is 69.9 Å². The van der Waals surface area contributed by atoms with E-state index in [2.05, 4.69) is 389 Å². The number of rotatable bonds is 37. The van der Waals surface area contributed by atoms with Crippen LogP contribution in [0.4, 0.5) is 8.78 Å². The second-order valence-corrected chi connectivity index (χ2v) is 46.7. The fraction of sp³-hybridized carbons (Fsp3) is 0.447. The van der Waals surface area contributed by atoms with E-state index in [1.54, 1.807) is 31.2 Å². The molecule has 15 unspecified atom stereocenters. The lowest BCUT2D eigenvalue weighted by Gasteiger charge is -2.35. The van der Waals surface area contributed by atoms with Gasteiger partial charge < -0.3 is 47.9 Å². The first-order valence-electron chi connectivity index (χ1n) is 55.0. The molecular formula is C132H168F2O13S2. The van der Waals surface area contributed by atoms with Crippen LogP contribution in [-0.2, 0) is 50.2 Å². The van der Waals surface area contributed by atoms with Crippen LogP contribution in [0.3, 0.4) is 0 Å². The van der Waals surface area contributed by atoms with E-state index < -0.39 is 39.7 Å². The number of phenols is 2. The maximum Gasteiger partial charge on any atom is 0.369 e. The molecule has 5 aliphatic carbocycles. The fourth-order valence-electron chi connectivity index (χ4n) is 20.5. The van der Waals surface area contributed by atoms with Gasteiger partial charge >= 0.3 is 11.2 Å². The second kappa shape index (κ2) is 58.1. The van der Waals surface area contributed by atoms with E-state index in [4.69, 9.17) is 38.6 Å². The molecule has 4 fully saturated rings. The number of benzene rings is 12. The lowest BCUT2D eigenvalue weighted by atomic mass is 9.73. The van der Waals surface area contributed by atoms with Gasteiger partial charge in [-0.1, -0.05) is 375 Å². The van der Waals surface area contributed by atoms with Crippen molar-refractivity contribution >= 4 is 27.0 Å². The number of carbonyl (C=O) groups is 1. The van der Waals surface area contributed by atoms with Gasteiger partial charge in [0.05, 0.1) is 35.6 Å². The molecule has 800 valence electrons. The summed E-state index contributed by atoms with van der Waals surface area (Å²) in [5.41, 5.74) is 14.3. The van der Waals surface area contributed by atoms with Crippen molar-refractivity contribution in [2.24, 2.45) is 40.9 Å². The van der Waals surface area contributed by atoms with Crippen LogP contribution in [0.15, 0.2) is 336 Å². The standard InChI is InChI=1S/C40H40O2.C24H36O2.C22H36O2.C18H15S.2C10H14O.C8H14F2O5S/c1-4-29(2)30-23-25-33(26-24-30)42-39(27-40(3,31-15-7-5-8-16-31)32-17-9-6-10-18-32)41-28-38-36-21-13-11-19-34(36)35-20-12-14-22-37(35)38;1-5-16(4)17-9-11-19(12-10-17)25-24(15(2)3)26-23-14-18-13-22(23)21-8-6-7-20(18)21;1-6-17(2)18-12-14-20(15-13-18)24-21(16-22(3,4)5)23-19-10-8-7-9-11-19;1-4-10-16(11-5-1)19(17-12-6-2-7-13-17)18-14-8-3-9-15-18;2*1-3-8(2)9-4-6-10(11)7-5-9;1-4-5(2)7(11)15-6(3)8(9,10)16(12,13)14/h5-26,29,38-39H,4,27-28H2,1-3H3;9-12,15-16,18,20-24H,5-8,13-14H2,1-4H3;12-15,17,19,21H,6-11,16H2,1-5H3;1-15H;2*4-8,11H,3H2,1-2H3;5-6H,4H2,1-3H3,(H,12,13,14)/q;;;+1;;;/p-1. The van der Waals surface area contributed by atoms with Crippen LogP contribution in [0.2, 0.25) is 0 Å². The normalized spacial score (nSPS) is 18.2. The van der Waals surface area contributed by atoms with Crippen LogP contribution in [0.1, 0.15) is 333 Å². The highest BCUT2D eigenvalue weighted by molar-refractivity contribution is 7.97. The van der Waals surface area contributed by atoms with Gasteiger partial charge in [-0.25, -0.2) is 8.42 Å². The van der Waals surface area contributed by atoms with E-state index in [-0.39, 0.29) is 40.2 Å². The van der Waals surface area contributed by atoms with Crippen molar-refractivity contribution in [3.05, 3.63) is 372 Å². The third-order valence-electron chi connectivity index (χ3n) is 30.9. The molecule has 0 heterocycles. The van der Waals surface area contributed by atoms with Gasteiger partial charge in [0.25, 0.3) is 0 Å². The van der Waals surface area contributed by atoms with Gasteiger partial charge in [-0.05, 0) is 301 Å². The van der Waals surface area contributed by atoms with E-state index in [1.165, 1.54) is 153 Å². The minimum absolute atomic E-state index is 0.0146. The molecular weight excluding hydrogens is 1900 g/mol. The van der Waals surface area contributed by atoms with Crippen molar-refractivity contribution in [2.75, 3.05) is 6.61 Å². The minimum atomic E-state index is -5.84. The van der Waals surface area contributed by atoms with Crippen molar-refractivity contribution in [2.45, 2.75) is 345 Å². The minimum Gasteiger partial charge on any atom is -0.743 e. The molecule has 13 nitrogen and oxygen atoms in total. The number of fused-ring (bicyclic) bond motifs is 8. The van der Waals surface area contributed by atoms with Gasteiger partial charge in [0.2, 0.25) is 18.9 Å². The Kier molecular flexibility index (Phi) is 46.1. The summed E-state index contributed by atoms with van der Waals surface area (Å²) in [5, 5.41) is 13.4. The summed E-state index contributed by atoms with van der Waals surface area (Å²) in [7, 11) is -5.85. The van der Waals surface area contributed by atoms with Crippen molar-refractivity contribution in [1.29, 1.82) is 0 Å². The Hall–Kier alpha value is -10.9. The molecule has 4 saturated carbocycles. The summed E-state index contributed by atoms with van der Waals surface area (Å²) in [5.74, 6) is 8.93. The first-order chi connectivity index (χ1) is 71.5. The van der Waals surface area contributed by atoms with Crippen LogP contribution in [0.5, 0.6) is 28.7 Å². The van der Waals surface area contributed by atoms with Crippen LogP contribution < -0.4 is 14.2 Å². The van der Waals surface area contributed by atoms with E-state index in [1.807, 2.05) is 24.3 Å². The third-order valence-corrected chi connectivity index (χ3v) is 34.1. The second-order valence-electron chi connectivity index (χ2n) is 43.2. The Morgan fingerprint density at radius 3 is 1.14 bits per heavy atom. The molecule has 12 aromatic carbocycles. The zero-order valence-electron chi connectivity index (χ0n) is 91.9. The van der Waals surface area contributed by atoms with Gasteiger partial charge in [-0.2, -0.15) is 8.78 Å². The van der Waals surface area contributed by atoms with Gasteiger partial charge in [0.1, 0.15) is 28.7 Å². The Balaban J connectivity index is 0.000000173. The highest BCUT2D eigenvalue weighted by Gasteiger charge is 2.55. The topological polar surface area (TPSA) is 179 Å². The van der Waals surface area contributed by atoms with Crippen molar-refractivity contribution in [1.82, 2.24) is 0 Å².